The van der Waals surface area contributed by atoms with Gasteiger partial charge in [-0.05, 0) is 55.7 Å². The molecule has 108 valence electrons. The highest BCUT2D eigenvalue weighted by atomic mass is 16.2. The van der Waals surface area contributed by atoms with Gasteiger partial charge in [-0.25, -0.2) is 0 Å². The van der Waals surface area contributed by atoms with Crippen LogP contribution in [-0.2, 0) is 4.79 Å². The number of carbonyl (C=O) groups is 1. The highest BCUT2D eigenvalue weighted by Gasteiger charge is 2.45. The molecular weight excluding hydrogens is 248 g/mol. The number of aryl methyl sites for hydroxylation is 1. The van der Waals surface area contributed by atoms with Crippen LogP contribution in [0.4, 0.5) is 0 Å². The van der Waals surface area contributed by atoms with Gasteiger partial charge < -0.3 is 11.1 Å². The van der Waals surface area contributed by atoms with E-state index < -0.39 is 0 Å². The maximum Gasteiger partial charge on any atom is 0.223 e. The molecule has 0 heterocycles. The molecule has 20 heavy (non-hydrogen) atoms. The van der Waals surface area contributed by atoms with Gasteiger partial charge >= 0.3 is 0 Å². The van der Waals surface area contributed by atoms with E-state index in [1.807, 2.05) is 0 Å². The van der Waals surface area contributed by atoms with Gasteiger partial charge in [0.2, 0.25) is 5.91 Å². The van der Waals surface area contributed by atoms with Crippen molar-refractivity contribution >= 4 is 5.91 Å². The summed E-state index contributed by atoms with van der Waals surface area (Å²) in [6.07, 6.45) is 4.44. The second kappa shape index (κ2) is 5.57. The summed E-state index contributed by atoms with van der Waals surface area (Å²) in [5.74, 6) is 1.32. The zero-order valence-electron chi connectivity index (χ0n) is 12.1. The summed E-state index contributed by atoms with van der Waals surface area (Å²) >= 11 is 0. The molecule has 0 saturated heterocycles. The van der Waals surface area contributed by atoms with Crippen molar-refractivity contribution in [1.82, 2.24) is 5.32 Å². The lowest BCUT2D eigenvalue weighted by Gasteiger charge is -2.19. The summed E-state index contributed by atoms with van der Waals surface area (Å²) in [7, 11) is 0. The first kappa shape index (κ1) is 13.6. The number of benzene rings is 1. The summed E-state index contributed by atoms with van der Waals surface area (Å²) in [6, 6.07) is 8.72. The Hall–Kier alpha value is -1.35. The first-order valence-corrected chi connectivity index (χ1v) is 7.76. The maximum absolute atomic E-state index is 12.4. The summed E-state index contributed by atoms with van der Waals surface area (Å²) < 4.78 is 0. The molecule has 3 N–H and O–H groups in total. The molecule has 3 heteroatoms. The Morgan fingerprint density at radius 1 is 1.35 bits per heavy atom. The zero-order chi connectivity index (χ0) is 14.1. The maximum atomic E-state index is 12.4. The van der Waals surface area contributed by atoms with Gasteiger partial charge in [-0.2, -0.15) is 0 Å². The van der Waals surface area contributed by atoms with Crippen molar-refractivity contribution in [2.75, 3.05) is 6.54 Å². The van der Waals surface area contributed by atoms with Crippen LogP contribution in [0.2, 0.25) is 0 Å². The Morgan fingerprint density at radius 3 is 2.90 bits per heavy atom. The summed E-state index contributed by atoms with van der Waals surface area (Å²) in [5.41, 5.74) is 8.42. The molecule has 0 aromatic heterocycles. The Bertz CT molecular complexity index is 500. The van der Waals surface area contributed by atoms with Crippen molar-refractivity contribution in [2.45, 2.75) is 44.6 Å². The van der Waals surface area contributed by atoms with E-state index in [0.29, 0.717) is 24.4 Å². The van der Waals surface area contributed by atoms with Crippen LogP contribution in [0.3, 0.4) is 0 Å². The number of amides is 1. The predicted octanol–water partition coefficient (Wildman–Crippen LogP) is 2.34. The van der Waals surface area contributed by atoms with Crippen LogP contribution in [0.1, 0.15) is 42.7 Å². The van der Waals surface area contributed by atoms with Gasteiger partial charge in [0.15, 0.2) is 0 Å². The first-order chi connectivity index (χ1) is 9.70. The van der Waals surface area contributed by atoms with Gasteiger partial charge in [0.05, 0.1) is 0 Å². The number of nitrogens with one attached hydrogen (secondary N) is 1. The van der Waals surface area contributed by atoms with Crippen LogP contribution < -0.4 is 11.1 Å². The Balaban J connectivity index is 1.59. The van der Waals surface area contributed by atoms with E-state index in [0.717, 1.165) is 19.3 Å². The van der Waals surface area contributed by atoms with E-state index in [1.54, 1.807) is 0 Å². The van der Waals surface area contributed by atoms with E-state index in [2.05, 4.69) is 36.5 Å². The lowest BCUT2D eigenvalue weighted by atomic mass is 10.0. The van der Waals surface area contributed by atoms with E-state index >= 15 is 0 Å². The molecule has 0 spiro atoms. The molecule has 4 unspecified atom stereocenters. The molecule has 1 aromatic rings. The fraction of sp³-hybridized carbons (Fsp3) is 0.588. The van der Waals surface area contributed by atoms with Crippen molar-refractivity contribution in [3.8, 4) is 0 Å². The lowest BCUT2D eigenvalue weighted by molar-refractivity contribution is -0.123. The van der Waals surface area contributed by atoms with Crippen LogP contribution in [0.25, 0.3) is 0 Å². The molecule has 2 saturated carbocycles. The minimum atomic E-state index is 0.176. The predicted molar refractivity (Wildman–Crippen MR) is 80.4 cm³/mol. The minimum Gasteiger partial charge on any atom is -0.353 e. The molecule has 4 atom stereocenters. The molecule has 0 radical (unpaired) electrons. The van der Waals surface area contributed by atoms with E-state index in [4.69, 9.17) is 5.73 Å². The highest BCUT2D eigenvalue weighted by molar-refractivity contribution is 5.83. The SMILES string of the molecule is Cc1ccccc1C1CC1C(=O)NC1CCCC1CN. The first-order valence-electron chi connectivity index (χ1n) is 7.76. The number of nitrogens with two attached hydrogens (primary N) is 1. The van der Waals surface area contributed by atoms with Crippen molar-refractivity contribution in [3.63, 3.8) is 0 Å². The van der Waals surface area contributed by atoms with Gasteiger partial charge in [-0.3, -0.25) is 4.79 Å². The molecule has 1 amide bonds. The van der Waals surface area contributed by atoms with Crippen molar-refractivity contribution in [3.05, 3.63) is 35.4 Å². The standard InChI is InChI=1S/C17H24N2O/c1-11-5-2-3-7-13(11)14-9-15(14)17(20)19-16-8-4-6-12(16)10-18/h2-3,5,7,12,14-16H,4,6,8-10,18H2,1H3,(H,19,20). The molecule has 2 fully saturated rings. The Kier molecular flexibility index (Phi) is 3.79. The van der Waals surface area contributed by atoms with Crippen LogP contribution in [0, 0.1) is 18.8 Å². The van der Waals surface area contributed by atoms with Gasteiger partial charge in [-0.1, -0.05) is 30.7 Å². The van der Waals surface area contributed by atoms with Gasteiger partial charge in [0, 0.05) is 12.0 Å². The molecule has 3 rings (SSSR count). The second-order valence-electron chi connectivity index (χ2n) is 6.35. The quantitative estimate of drug-likeness (QED) is 0.884. The van der Waals surface area contributed by atoms with Crippen LogP contribution in [-0.4, -0.2) is 18.5 Å². The normalized spacial score (nSPS) is 32.1. The molecular formula is C17H24N2O. The topological polar surface area (TPSA) is 55.1 Å². The van der Waals surface area contributed by atoms with Crippen molar-refractivity contribution in [2.24, 2.45) is 17.6 Å². The summed E-state index contributed by atoms with van der Waals surface area (Å²) in [5, 5.41) is 3.24. The third-order valence-electron chi connectivity index (χ3n) is 5.00. The number of carbonyl (C=O) groups excluding carboxylic acids is 1. The monoisotopic (exact) mass is 272 g/mol. The van der Waals surface area contributed by atoms with Crippen molar-refractivity contribution in [1.29, 1.82) is 0 Å². The number of hydrogen-bond acceptors (Lipinski definition) is 2. The molecule has 0 bridgehead atoms. The molecule has 3 nitrogen and oxygen atoms in total. The average molecular weight is 272 g/mol. The third-order valence-corrected chi connectivity index (χ3v) is 5.00. The van der Waals surface area contributed by atoms with Crippen LogP contribution >= 0.6 is 0 Å². The van der Waals surface area contributed by atoms with Gasteiger partial charge in [0.25, 0.3) is 0 Å². The van der Waals surface area contributed by atoms with Crippen LogP contribution in [0.15, 0.2) is 24.3 Å². The summed E-state index contributed by atoms with van der Waals surface area (Å²) in [4.78, 5) is 12.4. The van der Waals surface area contributed by atoms with Gasteiger partial charge in [-0.15, -0.1) is 0 Å². The van der Waals surface area contributed by atoms with E-state index in [1.165, 1.54) is 17.5 Å². The third kappa shape index (κ3) is 2.59. The smallest absolute Gasteiger partial charge is 0.223 e. The Morgan fingerprint density at radius 2 is 2.15 bits per heavy atom. The van der Waals surface area contributed by atoms with E-state index in [9.17, 15) is 4.79 Å². The molecule has 1 aromatic carbocycles. The van der Waals surface area contributed by atoms with E-state index in [-0.39, 0.29) is 11.8 Å². The largest absolute Gasteiger partial charge is 0.353 e. The zero-order valence-corrected chi connectivity index (χ0v) is 12.1. The minimum absolute atomic E-state index is 0.176. The summed E-state index contributed by atoms with van der Waals surface area (Å²) in [6.45, 7) is 2.82. The fourth-order valence-electron chi connectivity index (χ4n) is 3.63. The molecule has 2 aliphatic carbocycles. The second-order valence-corrected chi connectivity index (χ2v) is 6.35. The number of rotatable bonds is 4. The Labute approximate surface area is 120 Å². The average Bonchev–Trinajstić information content (AvgIpc) is 3.12. The van der Waals surface area contributed by atoms with Crippen LogP contribution in [0.5, 0.6) is 0 Å². The highest BCUT2D eigenvalue weighted by Crippen LogP contribution is 2.48. The van der Waals surface area contributed by atoms with Gasteiger partial charge in [0.1, 0.15) is 0 Å². The lowest BCUT2D eigenvalue weighted by Crippen LogP contribution is -2.40. The fourth-order valence-corrected chi connectivity index (χ4v) is 3.63. The molecule has 2 aliphatic rings. The number of hydrogen-bond donors (Lipinski definition) is 2. The molecule has 0 aliphatic heterocycles. The van der Waals surface area contributed by atoms with Crippen molar-refractivity contribution < 1.29 is 4.79 Å².